The molecule has 16 heteroatoms. The van der Waals surface area contributed by atoms with E-state index >= 15 is 0 Å². The zero-order valence-corrected chi connectivity index (χ0v) is 30.2. The summed E-state index contributed by atoms with van der Waals surface area (Å²) in [4.78, 5) is 89.8. The van der Waals surface area contributed by atoms with Crippen molar-refractivity contribution in [2.24, 2.45) is 5.92 Å². The minimum Gasteiger partial charge on any atom is -0.351 e. The summed E-state index contributed by atoms with van der Waals surface area (Å²) in [5.74, 6) is -0.943. The van der Waals surface area contributed by atoms with Gasteiger partial charge in [0.15, 0.2) is 0 Å². The van der Waals surface area contributed by atoms with Gasteiger partial charge in [-0.25, -0.2) is 14.8 Å². The van der Waals surface area contributed by atoms with E-state index in [0.29, 0.717) is 42.2 Å². The van der Waals surface area contributed by atoms with E-state index in [4.69, 9.17) is 0 Å². The van der Waals surface area contributed by atoms with Gasteiger partial charge in [0.25, 0.3) is 17.4 Å². The van der Waals surface area contributed by atoms with Crippen molar-refractivity contribution in [1.29, 1.82) is 0 Å². The Kier molecular flexibility index (Phi) is 13.0. The number of thiazole rings is 2. The van der Waals surface area contributed by atoms with Gasteiger partial charge in [-0.15, -0.1) is 22.7 Å². The summed E-state index contributed by atoms with van der Waals surface area (Å²) < 4.78 is 1.26. The molecule has 4 bridgehead atoms. The van der Waals surface area contributed by atoms with Crippen LogP contribution < -0.4 is 27.2 Å². The molecule has 4 N–H and O–H groups in total. The molecular formula is C35H42N8O6S2. The van der Waals surface area contributed by atoms with Gasteiger partial charge in [-0.1, -0.05) is 44.2 Å². The smallest absolute Gasteiger partial charge is 0.328 e. The zero-order valence-electron chi connectivity index (χ0n) is 28.6. The fourth-order valence-corrected chi connectivity index (χ4v) is 7.41. The van der Waals surface area contributed by atoms with Gasteiger partial charge in [0.1, 0.15) is 21.4 Å². The van der Waals surface area contributed by atoms with E-state index in [0.717, 1.165) is 5.56 Å². The van der Waals surface area contributed by atoms with E-state index in [1.807, 2.05) is 44.2 Å². The molecule has 3 aromatic heterocycles. The second kappa shape index (κ2) is 17.8. The van der Waals surface area contributed by atoms with Crippen LogP contribution in [0.5, 0.6) is 0 Å². The molecule has 5 rings (SSSR count). The van der Waals surface area contributed by atoms with E-state index in [1.54, 1.807) is 15.7 Å². The molecule has 0 fully saturated rings. The van der Waals surface area contributed by atoms with Crippen LogP contribution in [0.25, 0.3) is 0 Å². The number of fused-ring (bicyclic) bond motifs is 4. The first-order valence-corrected chi connectivity index (χ1v) is 18.7. The number of nitrogens with zero attached hydrogens (tertiary/aromatic N) is 4. The van der Waals surface area contributed by atoms with Gasteiger partial charge in [0.05, 0.1) is 12.1 Å². The molecule has 0 spiro atoms. The quantitative estimate of drug-likeness (QED) is 0.223. The van der Waals surface area contributed by atoms with Crippen molar-refractivity contribution in [3.8, 4) is 0 Å². The molecule has 51 heavy (non-hydrogen) atoms. The average Bonchev–Trinajstić information content (AvgIpc) is 3.80. The van der Waals surface area contributed by atoms with Crippen LogP contribution in [-0.4, -0.2) is 67.7 Å². The summed E-state index contributed by atoms with van der Waals surface area (Å²) in [5, 5.41) is 13.6. The van der Waals surface area contributed by atoms with Crippen LogP contribution in [0.3, 0.4) is 0 Å². The number of aryl methyl sites for hydroxylation is 1. The SMILES string of the molecule is CC(C)C[C@@H]1NC(=O)CCCN(C(=O)CCn2ccc(=O)[nH]c2=O)CCCNC(=O)c2csc(n2)[C@H](Cc2ccccc2)NC(=O)c2csc1n2. The molecule has 4 heterocycles. The van der Waals surface area contributed by atoms with Crippen LogP contribution in [0, 0.1) is 5.92 Å². The molecule has 0 aliphatic carbocycles. The molecule has 1 aromatic carbocycles. The Balaban J connectivity index is 1.37. The highest BCUT2D eigenvalue weighted by atomic mass is 32.1. The van der Waals surface area contributed by atoms with E-state index in [9.17, 15) is 28.8 Å². The zero-order chi connectivity index (χ0) is 36.3. The predicted octanol–water partition coefficient (Wildman–Crippen LogP) is 3.20. The Hall–Kier alpha value is -4.96. The Morgan fingerprint density at radius 1 is 0.882 bits per heavy atom. The molecule has 4 aromatic rings. The van der Waals surface area contributed by atoms with Gasteiger partial charge in [-0.05, 0) is 37.2 Å². The number of carbonyl (C=O) groups is 4. The second-order valence-electron chi connectivity index (χ2n) is 12.8. The number of rotatable bonds is 7. The standard InChI is InChI=1S/C35H42N8O6S2/c1-22(2)18-24-33-40-27(21-51-33)32(48)38-25(19-23-8-4-3-5-9-23)34-39-26(20-50-34)31(47)36-13-7-15-42(14-6-10-28(44)37-24)30(46)12-17-43-16-11-29(45)41-35(43)49/h3-5,8-9,11,16,20-22,24-25H,6-7,10,12-15,17-19H2,1-2H3,(H,36,47)(H,37,44)(H,38,48)(H,41,45,49)/t24-,25-/m0/s1. The van der Waals surface area contributed by atoms with Crippen LogP contribution in [-0.2, 0) is 22.6 Å². The minimum absolute atomic E-state index is 0.00581. The van der Waals surface area contributed by atoms with Gasteiger partial charge in [-0.2, -0.15) is 0 Å². The molecule has 0 unspecified atom stereocenters. The number of benzene rings is 1. The molecule has 4 amide bonds. The Morgan fingerprint density at radius 2 is 1.57 bits per heavy atom. The first kappa shape index (κ1) is 37.3. The Bertz CT molecular complexity index is 1940. The first-order chi connectivity index (χ1) is 24.5. The number of H-pyrrole nitrogens is 1. The van der Waals surface area contributed by atoms with Crippen molar-refractivity contribution in [2.75, 3.05) is 19.6 Å². The highest BCUT2D eigenvalue weighted by Gasteiger charge is 2.26. The Morgan fingerprint density at radius 3 is 2.27 bits per heavy atom. The fraction of sp³-hybridized carbons (Fsp3) is 0.429. The highest BCUT2D eigenvalue weighted by molar-refractivity contribution is 7.10. The number of carbonyl (C=O) groups excluding carboxylic acids is 4. The molecule has 1 aliphatic heterocycles. The summed E-state index contributed by atoms with van der Waals surface area (Å²) in [6.07, 6.45) is 3.39. The molecule has 14 nitrogen and oxygen atoms in total. The maximum absolute atomic E-state index is 13.6. The lowest BCUT2D eigenvalue weighted by atomic mass is 10.0. The van der Waals surface area contributed by atoms with Gasteiger partial charge >= 0.3 is 5.69 Å². The lowest BCUT2D eigenvalue weighted by Gasteiger charge is -2.23. The summed E-state index contributed by atoms with van der Waals surface area (Å²) in [6, 6.07) is 9.98. The lowest BCUT2D eigenvalue weighted by molar-refractivity contribution is -0.132. The number of hydrogen-bond acceptors (Lipinski definition) is 10. The van der Waals surface area contributed by atoms with Gasteiger partial charge in [0, 0.05) is 62.0 Å². The van der Waals surface area contributed by atoms with Crippen LogP contribution in [0.15, 0.2) is 62.9 Å². The molecule has 0 radical (unpaired) electrons. The number of nitrogens with one attached hydrogen (secondary N) is 4. The maximum Gasteiger partial charge on any atom is 0.328 e. The third kappa shape index (κ3) is 10.8. The van der Waals surface area contributed by atoms with E-state index in [-0.39, 0.29) is 73.4 Å². The summed E-state index contributed by atoms with van der Waals surface area (Å²) in [7, 11) is 0. The number of hydrogen-bond donors (Lipinski definition) is 4. The monoisotopic (exact) mass is 734 g/mol. The topological polar surface area (TPSA) is 188 Å². The van der Waals surface area contributed by atoms with Crippen molar-refractivity contribution in [1.82, 2.24) is 40.4 Å². The molecule has 0 saturated carbocycles. The number of aromatic amines is 1. The fourth-order valence-electron chi connectivity index (χ4n) is 5.69. The van der Waals surface area contributed by atoms with Gasteiger partial charge < -0.3 is 25.4 Å². The lowest BCUT2D eigenvalue weighted by Crippen LogP contribution is -2.37. The largest absolute Gasteiger partial charge is 0.351 e. The summed E-state index contributed by atoms with van der Waals surface area (Å²) >= 11 is 2.59. The molecular weight excluding hydrogens is 693 g/mol. The van der Waals surface area contributed by atoms with Crippen molar-refractivity contribution in [3.63, 3.8) is 0 Å². The third-order valence-corrected chi connectivity index (χ3v) is 10.2. The third-order valence-electron chi connectivity index (χ3n) is 8.27. The van der Waals surface area contributed by atoms with E-state index in [2.05, 4.69) is 30.9 Å². The van der Waals surface area contributed by atoms with E-state index < -0.39 is 23.3 Å². The van der Waals surface area contributed by atoms with Crippen molar-refractivity contribution in [2.45, 2.75) is 71.0 Å². The van der Waals surface area contributed by atoms with Gasteiger partial charge in [0.2, 0.25) is 11.8 Å². The van der Waals surface area contributed by atoms with Crippen molar-refractivity contribution >= 4 is 46.3 Å². The number of aromatic nitrogens is 4. The van der Waals surface area contributed by atoms with Crippen LogP contribution in [0.2, 0.25) is 0 Å². The minimum atomic E-state index is -0.600. The van der Waals surface area contributed by atoms with Crippen molar-refractivity contribution in [3.05, 3.63) is 101 Å². The second-order valence-corrected chi connectivity index (χ2v) is 14.5. The predicted molar refractivity (Wildman–Crippen MR) is 194 cm³/mol. The first-order valence-electron chi connectivity index (χ1n) is 17.0. The van der Waals surface area contributed by atoms with Crippen LogP contribution in [0.1, 0.15) is 94.6 Å². The van der Waals surface area contributed by atoms with Crippen LogP contribution >= 0.6 is 22.7 Å². The molecule has 0 saturated heterocycles. The maximum atomic E-state index is 13.6. The normalized spacial score (nSPS) is 18.0. The average molecular weight is 735 g/mol. The van der Waals surface area contributed by atoms with Crippen LogP contribution in [0.4, 0.5) is 0 Å². The summed E-state index contributed by atoms with van der Waals surface area (Å²) in [5.41, 5.74) is 0.322. The highest BCUT2D eigenvalue weighted by Crippen LogP contribution is 2.27. The summed E-state index contributed by atoms with van der Waals surface area (Å²) in [6.45, 7) is 5.04. The molecule has 270 valence electrons. The van der Waals surface area contributed by atoms with Gasteiger partial charge in [-0.3, -0.25) is 29.0 Å². The molecule has 2 atom stereocenters. The van der Waals surface area contributed by atoms with E-state index in [1.165, 1.54) is 39.5 Å². The Labute approximate surface area is 302 Å². The number of amides is 4. The van der Waals surface area contributed by atoms with Crippen molar-refractivity contribution < 1.29 is 19.2 Å². The molecule has 1 aliphatic rings.